The molecule has 0 aliphatic carbocycles. The van der Waals surface area contributed by atoms with Gasteiger partial charge in [0.15, 0.2) is 11.7 Å². The van der Waals surface area contributed by atoms with E-state index in [9.17, 15) is 20.1 Å². The van der Waals surface area contributed by atoms with Crippen LogP contribution < -0.4 is 5.56 Å². The lowest BCUT2D eigenvalue weighted by Gasteiger charge is -2.16. The van der Waals surface area contributed by atoms with E-state index >= 15 is 0 Å². The predicted molar refractivity (Wildman–Crippen MR) is 100 cm³/mol. The van der Waals surface area contributed by atoms with Crippen LogP contribution in [-0.2, 0) is 11.3 Å². The summed E-state index contributed by atoms with van der Waals surface area (Å²) in [4.78, 5) is 17.5. The minimum Gasteiger partial charge on any atom is -0.394 e. The van der Waals surface area contributed by atoms with Crippen molar-refractivity contribution in [3.8, 4) is 0 Å². The average molecular weight is 407 g/mol. The lowest BCUT2D eigenvalue weighted by Crippen LogP contribution is -2.33. The normalized spacial score (nSPS) is 24.9. The predicted octanol–water partition coefficient (Wildman–Crippen LogP) is 0.215. The molecular weight excluding hydrogens is 388 g/mol. The molecule has 3 N–H and O–H groups in total. The number of hydrogen-bond acceptors (Lipinski definition) is 7. The number of fused-ring (bicyclic) bond motifs is 1. The molecule has 0 amide bonds. The first-order valence-corrected chi connectivity index (χ1v) is 9.09. The van der Waals surface area contributed by atoms with E-state index in [2.05, 4.69) is 10.1 Å². The average Bonchev–Trinajstić information content (AvgIpc) is 3.16. The lowest BCUT2D eigenvalue weighted by atomic mass is 10.1. The standard InChI is InChI=1S/C18H19ClN4O5/c1-9-13-14(23(21-9)18-16(26)15(25)12(7-24)28-18)17(27)22(8-20-13)6-10-2-4-11(19)5-3-10/h2-5,8,12,15-16,18,24-26H,6-7H2,1H3/t12-,15-,16-,18?/m1/s1. The Morgan fingerprint density at radius 2 is 1.93 bits per heavy atom. The van der Waals surface area contributed by atoms with Gasteiger partial charge in [0, 0.05) is 5.02 Å². The highest BCUT2D eigenvalue weighted by atomic mass is 35.5. The molecule has 0 bridgehead atoms. The highest BCUT2D eigenvalue weighted by Gasteiger charge is 2.44. The van der Waals surface area contributed by atoms with E-state index in [0.717, 1.165) is 5.56 Å². The summed E-state index contributed by atoms with van der Waals surface area (Å²) >= 11 is 5.90. The van der Waals surface area contributed by atoms with Gasteiger partial charge in [0.2, 0.25) is 0 Å². The molecule has 2 aromatic heterocycles. The van der Waals surface area contributed by atoms with Crippen molar-refractivity contribution in [3.63, 3.8) is 0 Å². The monoisotopic (exact) mass is 406 g/mol. The summed E-state index contributed by atoms with van der Waals surface area (Å²) in [6.07, 6.45) is -3.27. The van der Waals surface area contributed by atoms with Crippen LogP contribution in [0.15, 0.2) is 35.4 Å². The Morgan fingerprint density at radius 3 is 2.57 bits per heavy atom. The molecule has 1 fully saturated rings. The molecule has 148 valence electrons. The number of rotatable bonds is 4. The number of halogens is 1. The third kappa shape index (κ3) is 3.11. The highest BCUT2D eigenvalue weighted by molar-refractivity contribution is 6.30. The maximum atomic E-state index is 13.1. The second-order valence-electron chi connectivity index (χ2n) is 6.76. The Bertz CT molecular complexity index is 1060. The first kappa shape index (κ1) is 19.0. The van der Waals surface area contributed by atoms with E-state index in [0.29, 0.717) is 16.2 Å². The van der Waals surface area contributed by atoms with Crippen molar-refractivity contribution in [3.05, 3.63) is 57.2 Å². The lowest BCUT2D eigenvalue weighted by molar-refractivity contribution is -0.0566. The molecule has 0 radical (unpaired) electrons. The van der Waals surface area contributed by atoms with Crippen molar-refractivity contribution >= 4 is 22.6 Å². The van der Waals surface area contributed by atoms with E-state index in [-0.39, 0.29) is 17.6 Å². The first-order chi connectivity index (χ1) is 13.4. The molecule has 0 saturated carbocycles. The van der Waals surface area contributed by atoms with Crippen LogP contribution in [0.2, 0.25) is 5.02 Å². The van der Waals surface area contributed by atoms with Gasteiger partial charge >= 0.3 is 0 Å². The van der Waals surface area contributed by atoms with E-state index in [1.807, 2.05) is 12.1 Å². The van der Waals surface area contributed by atoms with Gasteiger partial charge in [0.25, 0.3) is 5.56 Å². The van der Waals surface area contributed by atoms with Crippen LogP contribution in [0.3, 0.4) is 0 Å². The van der Waals surface area contributed by atoms with E-state index in [1.165, 1.54) is 15.6 Å². The Morgan fingerprint density at radius 1 is 1.21 bits per heavy atom. The van der Waals surface area contributed by atoms with Gasteiger partial charge in [-0.25, -0.2) is 9.67 Å². The van der Waals surface area contributed by atoms with Gasteiger partial charge in [0.05, 0.1) is 25.2 Å². The zero-order valence-electron chi connectivity index (χ0n) is 14.9. The summed E-state index contributed by atoms with van der Waals surface area (Å²) < 4.78 is 8.19. The summed E-state index contributed by atoms with van der Waals surface area (Å²) in [6.45, 7) is 1.50. The van der Waals surface area contributed by atoms with Crippen molar-refractivity contribution in [2.75, 3.05) is 6.61 Å². The molecule has 1 aromatic carbocycles. The van der Waals surface area contributed by atoms with Gasteiger partial charge in [-0.05, 0) is 24.6 Å². The molecule has 4 atom stereocenters. The van der Waals surface area contributed by atoms with Gasteiger partial charge in [-0.2, -0.15) is 5.10 Å². The number of aliphatic hydroxyl groups is 3. The van der Waals surface area contributed by atoms with Crippen LogP contribution in [0.1, 0.15) is 17.5 Å². The van der Waals surface area contributed by atoms with Crippen molar-refractivity contribution in [1.29, 1.82) is 0 Å². The number of hydrogen-bond donors (Lipinski definition) is 3. The second-order valence-corrected chi connectivity index (χ2v) is 7.20. The Labute approximate surface area is 164 Å². The van der Waals surface area contributed by atoms with Crippen molar-refractivity contribution in [1.82, 2.24) is 19.3 Å². The number of ether oxygens (including phenoxy) is 1. The number of nitrogens with zero attached hydrogens (tertiary/aromatic N) is 4. The van der Waals surface area contributed by atoms with Gasteiger partial charge in [-0.1, -0.05) is 23.7 Å². The van der Waals surface area contributed by atoms with Crippen LogP contribution in [0, 0.1) is 6.92 Å². The fourth-order valence-electron chi connectivity index (χ4n) is 3.37. The molecule has 9 nitrogen and oxygen atoms in total. The number of benzene rings is 1. The van der Waals surface area contributed by atoms with Gasteiger partial charge in [0.1, 0.15) is 23.8 Å². The van der Waals surface area contributed by atoms with E-state index in [1.54, 1.807) is 19.1 Å². The van der Waals surface area contributed by atoms with Gasteiger partial charge in [-0.3, -0.25) is 9.36 Å². The van der Waals surface area contributed by atoms with Gasteiger partial charge in [-0.15, -0.1) is 0 Å². The molecule has 10 heteroatoms. The summed E-state index contributed by atoms with van der Waals surface area (Å²) in [5, 5.41) is 34.5. The first-order valence-electron chi connectivity index (χ1n) is 8.72. The number of aryl methyl sites for hydroxylation is 1. The fourth-order valence-corrected chi connectivity index (χ4v) is 3.50. The minimum absolute atomic E-state index is 0.156. The number of aromatic nitrogens is 4. The molecule has 1 aliphatic rings. The number of aliphatic hydroxyl groups excluding tert-OH is 3. The van der Waals surface area contributed by atoms with Crippen molar-refractivity contribution < 1.29 is 20.1 Å². The second kappa shape index (κ2) is 7.26. The summed E-state index contributed by atoms with van der Waals surface area (Å²) in [7, 11) is 0. The molecule has 1 unspecified atom stereocenters. The molecule has 3 heterocycles. The third-order valence-electron chi connectivity index (χ3n) is 4.87. The van der Waals surface area contributed by atoms with Crippen LogP contribution in [0.5, 0.6) is 0 Å². The zero-order valence-corrected chi connectivity index (χ0v) is 15.7. The molecule has 28 heavy (non-hydrogen) atoms. The molecular formula is C18H19ClN4O5. The van der Waals surface area contributed by atoms with E-state index in [4.69, 9.17) is 16.3 Å². The maximum absolute atomic E-state index is 13.1. The summed E-state index contributed by atoms with van der Waals surface area (Å²) in [5.74, 6) is 0. The van der Waals surface area contributed by atoms with Crippen LogP contribution in [0.4, 0.5) is 0 Å². The minimum atomic E-state index is -1.34. The third-order valence-corrected chi connectivity index (χ3v) is 5.12. The van der Waals surface area contributed by atoms with Crippen LogP contribution in [-0.4, -0.2) is 59.6 Å². The molecule has 1 aliphatic heterocycles. The maximum Gasteiger partial charge on any atom is 0.279 e. The molecule has 0 spiro atoms. The SMILES string of the molecule is Cc1nn(C2O[C@H](CO)[C@@H](O)[C@H]2O)c2c(=O)n(Cc3ccc(Cl)cc3)cnc12. The molecule has 3 aromatic rings. The fraction of sp³-hybridized carbons (Fsp3) is 0.389. The van der Waals surface area contributed by atoms with Crippen LogP contribution in [0.25, 0.3) is 11.0 Å². The van der Waals surface area contributed by atoms with Crippen LogP contribution >= 0.6 is 11.6 Å². The van der Waals surface area contributed by atoms with E-state index < -0.39 is 31.1 Å². The van der Waals surface area contributed by atoms with Crippen molar-refractivity contribution in [2.45, 2.75) is 38.0 Å². The van der Waals surface area contributed by atoms with Gasteiger partial charge < -0.3 is 20.1 Å². The zero-order chi connectivity index (χ0) is 20.0. The largest absolute Gasteiger partial charge is 0.394 e. The summed E-state index contributed by atoms with van der Waals surface area (Å²) in [6, 6.07) is 7.10. The molecule has 4 rings (SSSR count). The summed E-state index contributed by atoms with van der Waals surface area (Å²) in [5.41, 5.74) is 1.53. The highest BCUT2D eigenvalue weighted by Crippen LogP contribution is 2.31. The van der Waals surface area contributed by atoms with Crippen molar-refractivity contribution in [2.24, 2.45) is 0 Å². The molecule has 1 saturated heterocycles. The Balaban J connectivity index is 1.78. The smallest absolute Gasteiger partial charge is 0.279 e. The Hall–Kier alpha value is -2.30. The quantitative estimate of drug-likeness (QED) is 0.566. The Kier molecular flexibility index (Phi) is 4.94. The topological polar surface area (TPSA) is 123 Å².